The Hall–Kier alpha value is -6.61. The first-order valence-electron chi connectivity index (χ1n) is 22.5. The highest BCUT2D eigenvalue weighted by Gasteiger charge is 2.19. The molecular weight excluding hydrogens is 801 g/mol. The smallest absolute Gasteiger partial charge is 0.313 e. The lowest BCUT2D eigenvalue weighted by Gasteiger charge is -2.20. The third kappa shape index (κ3) is 13.2. The molecule has 0 amide bonds. The summed E-state index contributed by atoms with van der Waals surface area (Å²) in [4.78, 5) is 47.3. The first-order valence-corrected chi connectivity index (χ1v) is 22.5. The van der Waals surface area contributed by atoms with Crippen molar-refractivity contribution in [3.63, 3.8) is 0 Å². The lowest BCUT2D eigenvalue weighted by Crippen LogP contribution is -2.14. The fourth-order valence-electron chi connectivity index (χ4n) is 7.61. The number of ketones is 1. The monoisotopic (exact) mass is 860 g/mol. The maximum atomic E-state index is 12.8. The van der Waals surface area contributed by atoms with Crippen molar-refractivity contribution in [1.82, 2.24) is 9.97 Å². The predicted octanol–water partition coefficient (Wildman–Crippen LogP) is 12.9. The van der Waals surface area contributed by atoms with Gasteiger partial charge in [0.15, 0.2) is 5.78 Å². The summed E-state index contributed by atoms with van der Waals surface area (Å²) in [6, 6.07) is 39.1. The lowest BCUT2D eigenvalue weighted by atomic mass is 10.0. The van der Waals surface area contributed by atoms with Gasteiger partial charge in [-0.05, 0) is 154 Å². The number of aromatic nitrogens is 2. The van der Waals surface area contributed by atoms with E-state index in [-0.39, 0.29) is 30.8 Å². The van der Waals surface area contributed by atoms with Gasteiger partial charge in [-0.1, -0.05) is 75.2 Å². The van der Waals surface area contributed by atoms with Gasteiger partial charge < -0.3 is 18.9 Å². The predicted molar refractivity (Wildman–Crippen MR) is 252 cm³/mol. The van der Waals surface area contributed by atoms with Crippen molar-refractivity contribution in [3.05, 3.63) is 161 Å². The number of hydrogen-bond acceptors (Lipinski definition) is 9. The van der Waals surface area contributed by atoms with Crippen LogP contribution in [0.4, 0.5) is 0 Å². The zero-order valence-corrected chi connectivity index (χ0v) is 38.0. The second kappa shape index (κ2) is 23.2. The van der Waals surface area contributed by atoms with E-state index >= 15 is 0 Å². The molecule has 9 nitrogen and oxygen atoms in total. The maximum Gasteiger partial charge on any atom is 0.313 e. The van der Waals surface area contributed by atoms with Crippen LogP contribution in [-0.2, 0) is 27.2 Å². The molecule has 0 saturated heterocycles. The topological polar surface area (TPSA) is 114 Å². The number of aryl methyl sites for hydroxylation is 4. The summed E-state index contributed by atoms with van der Waals surface area (Å²) in [6.07, 6.45) is 6.22. The molecule has 2 atom stereocenters. The van der Waals surface area contributed by atoms with E-state index in [1.807, 2.05) is 135 Å². The summed E-state index contributed by atoms with van der Waals surface area (Å²) in [5.74, 6) is 1.19. The minimum atomic E-state index is -0.547. The molecule has 0 unspecified atom stereocenters. The fourth-order valence-corrected chi connectivity index (χ4v) is 7.61. The van der Waals surface area contributed by atoms with Gasteiger partial charge in [0.1, 0.15) is 29.5 Å². The minimum absolute atomic E-state index is 0.0273. The van der Waals surface area contributed by atoms with E-state index in [2.05, 4.69) is 13.8 Å². The van der Waals surface area contributed by atoms with Crippen LogP contribution in [0, 0.1) is 13.8 Å². The van der Waals surface area contributed by atoms with Crippen molar-refractivity contribution >= 4 is 17.7 Å². The number of nitrogens with zero attached hydrogens (tertiary/aromatic N) is 2. The summed E-state index contributed by atoms with van der Waals surface area (Å²) in [7, 11) is 1.65. The van der Waals surface area contributed by atoms with Gasteiger partial charge >= 0.3 is 11.9 Å². The quantitative estimate of drug-likeness (QED) is 0.0374. The second-order valence-electron chi connectivity index (χ2n) is 16.3. The van der Waals surface area contributed by atoms with Crippen molar-refractivity contribution < 1.29 is 33.3 Å². The van der Waals surface area contributed by atoms with Gasteiger partial charge in [0.25, 0.3) is 0 Å². The number of unbranched alkanes of at least 4 members (excludes halogenated alkanes) is 2. The van der Waals surface area contributed by atoms with Gasteiger partial charge in [-0.25, -0.2) is 9.97 Å². The number of esters is 2. The molecule has 2 heterocycles. The molecule has 0 aliphatic rings. The van der Waals surface area contributed by atoms with Crippen LogP contribution in [0.1, 0.15) is 128 Å². The number of benzene rings is 4. The number of Topliss-reactive ketones (excluding diaryl/α,β-unsaturated/α-hetero) is 1. The zero-order valence-electron chi connectivity index (χ0n) is 38.0. The van der Waals surface area contributed by atoms with Crippen LogP contribution >= 0.6 is 0 Å². The molecule has 9 heteroatoms. The molecule has 0 spiro atoms. The van der Waals surface area contributed by atoms with Crippen LogP contribution < -0.4 is 14.2 Å². The Kier molecular flexibility index (Phi) is 17.0. The van der Waals surface area contributed by atoms with Crippen molar-refractivity contribution in [1.29, 1.82) is 0 Å². The van der Waals surface area contributed by atoms with Crippen LogP contribution in [0.3, 0.4) is 0 Å². The van der Waals surface area contributed by atoms with Gasteiger partial charge in [0.05, 0.1) is 42.7 Å². The van der Waals surface area contributed by atoms with Crippen molar-refractivity contribution in [2.75, 3.05) is 7.11 Å². The van der Waals surface area contributed by atoms with Gasteiger partial charge in [0, 0.05) is 16.7 Å². The largest absolute Gasteiger partial charge is 0.497 e. The summed E-state index contributed by atoms with van der Waals surface area (Å²) >= 11 is 0. The molecule has 0 fully saturated rings. The van der Waals surface area contributed by atoms with Crippen LogP contribution in [0.15, 0.2) is 121 Å². The average molecular weight is 861 g/mol. The third-order valence-electron chi connectivity index (χ3n) is 11.4. The van der Waals surface area contributed by atoms with Gasteiger partial charge in [0.2, 0.25) is 0 Å². The minimum Gasteiger partial charge on any atom is -0.497 e. The Balaban J connectivity index is 0.996. The number of carbonyl (C=O) groups excluding carboxylic acids is 3. The fraction of sp³-hybridized carbons (Fsp3) is 0.327. The summed E-state index contributed by atoms with van der Waals surface area (Å²) in [5, 5.41) is 0. The highest BCUT2D eigenvalue weighted by Crippen LogP contribution is 2.32. The number of carbonyl (C=O) groups is 3. The molecule has 6 rings (SSSR count). The zero-order chi connectivity index (χ0) is 45.4. The molecule has 64 heavy (non-hydrogen) atoms. The maximum absolute atomic E-state index is 12.8. The van der Waals surface area contributed by atoms with E-state index in [4.69, 9.17) is 28.9 Å². The Morgan fingerprint density at radius 1 is 0.562 bits per heavy atom. The van der Waals surface area contributed by atoms with E-state index < -0.39 is 11.9 Å². The van der Waals surface area contributed by atoms with Crippen molar-refractivity contribution in [2.24, 2.45) is 0 Å². The Morgan fingerprint density at radius 2 is 1.00 bits per heavy atom. The highest BCUT2D eigenvalue weighted by atomic mass is 16.6. The number of ether oxygens (including phenoxy) is 4. The van der Waals surface area contributed by atoms with Gasteiger partial charge in [-0.15, -0.1) is 0 Å². The van der Waals surface area contributed by atoms with Gasteiger partial charge in [-0.2, -0.15) is 0 Å². The molecule has 0 saturated carbocycles. The number of rotatable bonds is 22. The summed E-state index contributed by atoms with van der Waals surface area (Å²) in [6.45, 7) is 9.87. The summed E-state index contributed by atoms with van der Waals surface area (Å²) in [5.41, 5.74) is 9.94. The van der Waals surface area contributed by atoms with E-state index in [1.165, 1.54) is 0 Å². The Labute approximate surface area is 378 Å². The van der Waals surface area contributed by atoms with Crippen LogP contribution in [0.25, 0.3) is 22.5 Å². The number of pyridine rings is 2. The van der Waals surface area contributed by atoms with Crippen molar-refractivity contribution in [2.45, 2.75) is 111 Å². The average Bonchev–Trinajstić information content (AvgIpc) is 3.31. The summed E-state index contributed by atoms with van der Waals surface area (Å²) < 4.78 is 23.7. The Bertz CT molecular complexity index is 2500. The first kappa shape index (κ1) is 46.9. The van der Waals surface area contributed by atoms with E-state index in [0.717, 1.165) is 112 Å². The molecule has 0 radical (unpaired) electrons. The normalized spacial score (nSPS) is 12.0. The molecule has 0 bridgehead atoms. The molecule has 2 aromatic heterocycles. The van der Waals surface area contributed by atoms with E-state index in [0.29, 0.717) is 18.4 Å². The second-order valence-corrected chi connectivity index (χ2v) is 16.3. The lowest BCUT2D eigenvalue weighted by molar-refractivity contribution is -0.159. The van der Waals surface area contributed by atoms with Crippen LogP contribution in [0.2, 0.25) is 0 Å². The standard InChI is InChI=1S/C55H60N2O7/c1-7-9-17-52(50-15-11-13-48(56-50)43-21-19-42(20-22-43)39(5)58)62-46-31-23-40(37(3)35-46)27-33-54(59)64-55(60)34-28-41-24-32-47(36-38(41)4)63-53(18-10-8-2)51-16-12-14-49(57-51)44-25-29-45(61-6)30-26-44/h11-16,19-26,29-32,35-36,52-53H,7-10,17-18,27-28,33-34H2,1-6H3/t52-,53-/m1/s1. The molecule has 0 aliphatic heterocycles. The van der Waals surface area contributed by atoms with Crippen LogP contribution in [0.5, 0.6) is 17.2 Å². The van der Waals surface area contributed by atoms with E-state index in [1.54, 1.807) is 14.0 Å². The van der Waals surface area contributed by atoms with E-state index in [9.17, 15) is 14.4 Å². The number of methoxy groups -OCH3 is 1. The highest BCUT2D eigenvalue weighted by molar-refractivity contribution is 5.94. The molecule has 4 aromatic carbocycles. The van der Waals surface area contributed by atoms with Crippen LogP contribution in [-0.4, -0.2) is 34.8 Å². The van der Waals surface area contributed by atoms with Crippen molar-refractivity contribution in [3.8, 4) is 39.8 Å². The van der Waals surface area contributed by atoms with Gasteiger partial charge in [-0.3, -0.25) is 14.4 Å². The molecular formula is C55H60N2O7. The SMILES string of the molecule is CCCC[C@@H](Oc1ccc(CCC(=O)OC(=O)CCc2ccc(O[C@H](CCCC)c3cccc(-c4ccc(C(C)=O)cc4)n3)cc2C)c(C)c1)c1cccc(-c2ccc(OC)cc2)n1. The molecule has 0 N–H and O–H groups in total. The molecule has 6 aromatic rings. The first-order chi connectivity index (χ1) is 31.0. The number of hydrogen-bond donors (Lipinski definition) is 0. The third-order valence-corrected chi connectivity index (χ3v) is 11.4. The molecule has 332 valence electrons. The Morgan fingerprint density at radius 3 is 1.41 bits per heavy atom. The molecule has 0 aliphatic carbocycles.